The summed E-state index contributed by atoms with van der Waals surface area (Å²) < 4.78 is 0.604. The van der Waals surface area contributed by atoms with Crippen molar-refractivity contribution in [3.63, 3.8) is 0 Å². The normalized spacial score (nSPS) is 19.8. The van der Waals surface area contributed by atoms with Gasteiger partial charge in [0.15, 0.2) is 0 Å². The monoisotopic (exact) mass is 414 g/mol. The lowest BCUT2D eigenvalue weighted by Crippen LogP contribution is -2.27. The van der Waals surface area contributed by atoms with Crippen LogP contribution in [0.4, 0.5) is 5.69 Å². The Hall–Kier alpha value is -1.80. The number of carbonyl (C=O) groups is 1. The number of fused-ring (bicyclic) bond motifs is 3. The van der Waals surface area contributed by atoms with Crippen LogP contribution in [0.25, 0.3) is 10.8 Å². The van der Waals surface area contributed by atoms with Gasteiger partial charge in [-0.2, -0.15) is 0 Å². The van der Waals surface area contributed by atoms with Crippen LogP contribution in [0, 0.1) is 0 Å². The van der Waals surface area contributed by atoms with Gasteiger partial charge in [-0.25, -0.2) is 0 Å². The molecule has 0 aromatic heterocycles. The lowest BCUT2D eigenvalue weighted by Gasteiger charge is -2.20. The highest BCUT2D eigenvalue weighted by molar-refractivity contribution is 8.26. The minimum atomic E-state index is -0.0379. The van der Waals surface area contributed by atoms with E-state index in [1.54, 1.807) is 16.7 Å². The van der Waals surface area contributed by atoms with E-state index >= 15 is 0 Å². The molecule has 7 heteroatoms. The molecule has 4 nitrogen and oxygen atoms in total. The standard InChI is InChI=1S/C20H18N2O2S3/c1-2-21-19(24)16(27-20(21)25)9-10-17-22(11-12-23)18-14-6-4-3-5-13(14)7-8-15(18)26-17/h3-10,23H,2,11-12H2,1H3/b16-9+,17-10?. The molecule has 2 heterocycles. The third kappa shape index (κ3) is 3.29. The van der Waals surface area contributed by atoms with E-state index in [4.69, 9.17) is 12.2 Å². The number of thiocarbonyl (C=S) groups is 1. The topological polar surface area (TPSA) is 43.8 Å². The van der Waals surface area contributed by atoms with E-state index in [1.807, 2.05) is 31.2 Å². The third-order valence-electron chi connectivity index (χ3n) is 4.50. The maximum absolute atomic E-state index is 12.4. The number of anilines is 1. The molecular weight excluding hydrogens is 396 g/mol. The number of nitrogens with zero attached hydrogens (tertiary/aromatic N) is 2. The van der Waals surface area contributed by atoms with Gasteiger partial charge in [-0.3, -0.25) is 9.69 Å². The summed E-state index contributed by atoms with van der Waals surface area (Å²) in [6, 6.07) is 12.5. The summed E-state index contributed by atoms with van der Waals surface area (Å²) in [5, 5.41) is 12.9. The molecule has 0 spiro atoms. The Kier molecular flexibility index (Phi) is 5.27. The van der Waals surface area contributed by atoms with Crippen molar-refractivity contribution in [3.8, 4) is 0 Å². The zero-order valence-electron chi connectivity index (χ0n) is 14.7. The number of carbonyl (C=O) groups excluding carboxylic acids is 1. The van der Waals surface area contributed by atoms with Crippen molar-refractivity contribution in [1.82, 2.24) is 4.90 Å². The van der Waals surface area contributed by atoms with Gasteiger partial charge in [0.1, 0.15) is 4.32 Å². The van der Waals surface area contributed by atoms with Crippen LogP contribution in [-0.4, -0.2) is 39.9 Å². The number of thioether (sulfide) groups is 2. The highest BCUT2D eigenvalue weighted by Crippen LogP contribution is 2.49. The number of hydrogen-bond donors (Lipinski definition) is 1. The highest BCUT2D eigenvalue weighted by Gasteiger charge is 2.31. The minimum absolute atomic E-state index is 0.0379. The van der Waals surface area contributed by atoms with Crippen molar-refractivity contribution in [2.45, 2.75) is 11.8 Å². The van der Waals surface area contributed by atoms with Crippen molar-refractivity contribution < 1.29 is 9.90 Å². The molecule has 2 aromatic rings. The van der Waals surface area contributed by atoms with Crippen molar-refractivity contribution in [1.29, 1.82) is 0 Å². The summed E-state index contributed by atoms with van der Waals surface area (Å²) in [5.41, 5.74) is 1.12. The van der Waals surface area contributed by atoms with E-state index in [9.17, 15) is 9.90 Å². The van der Waals surface area contributed by atoms with Crippen molar-refractivity contribution in [2.75, 3.05) is 24.6 Å². The second kappa shape index (κ2) is 7.67. The molecular formula is C20H18N2O2S3. The maximum Gasteiger partial charge on any atom is 0.266 e. The number of rotatable bonds is 4. The van der Waals surface area contributed by atoms with Gasteiger partial charge in [0.2, 0.25) is 0 Å². The van der Waals surface area contributed by atoms with Crippen LogP contribution in [0.1, 0.15) is 6.92 Å². The number of aliphatic hydroxyl groups excluding tert-OH is 1. The van der Waals surface area contributed by atoms with Crippen LogP contribution >= 0.6 is 35.7 Å². The quantitative estimate of drug-likeness (QED) is 0.593. The molecule has 1 amide bonds. The first-order chi connectivity index (χ1) is 13.1. The van der Waals surface area contributed by atoms with Crippen molar-refractivity contribution >= 4 is 62.4 Å². The molecule has 0 unspecified atom stereocenters. The summed E-state index contributed by atoms with van der Waals surface area (Å²) in [7, 11) is 0. The Bertz CT molecular complexity index is 1000. The Morgan fingerprint density at radius 3 is 2.67 bits per heavy atom. The van der Waals surface area contributed by atoms with Crippen LogP contribution in [0.5, 0.6) is 0 Å². The van der Waals surface area contributed by atoms with Gasteiger partial charge in [0.25, 0.3) is 5.91 Å². The molecule has 2 aromatic carbocycles. The minimum Gasteiger partial charge on any atom is -0.395 e. The van der Waals surface area contributed by atoms with Gasteiger partial charge in [-0.05, 0) is 30.5 Å². The van der Waals surface area contributed by atoms with E-state index < -0.39 is 0 Å². The number of β-amino-alcohol motifs (C(OH)–C–C–N with tert-alkyl or cyclic N) is 1. The lowest BCUT2D eigenvalue weighted by molar-refractivity contribution is -0.122. The number of likely N-dealkylation sites (N-methyl/N-ethyl adjacent to an activating group) is 1. The van der Waals surface area contributed by atoms with Gasteiger partial charge < -0.3 is 10.0 Å². The Morgan fingerprint density at radius 2 is 1.93 bits per heavy atom. The smallest absolute Gasteiger partial charge is 0.266 e. The number of hydrogen-bond acceptors (Lipinski definition) is 6. The zero-order chi connectivity index (χ0) is 19.0. The number of allylic oxidation sites excluding steroid dienone is 2. The molecule has 138 valence electrons. The molecule has 4 rings (SSSR count). The second-order valence-corrected chi connectivity index (χ2v) is 8.80. The lowest BCUT2D eigenvalue weighted by atomic mass is 10.1. The van der Waals surface area contributed by atoms with Gasteiger partial charge >= 0.3 is 0 Å². The van der Waals surface area contributed by atoms with Crippen molar-refractivity contribution in [2.24, 2.45) is 0 Å². The largest absolute Gasteiger partial charge is 0.395 e. The van der Waals surface area contributed by atoms with Gasteiger partial charge in [-0.1, -0.05) is 66.1 Å². The van der Waals surface area contributed by atoms with Crippen LogP contribution in [0.3, 0.4) is 0 Å². The van der Waals surface area contributed by atoms with Crippen LogP contribution in [0.2, 0.25) is 0 Å². The van der Waals surface area contributed by atoms with E-state index in [2.05, 4.69) is 29.2 Å². The first-order valence-corrected chi connectivity index (χ1v) is 10.7. The average molecular weight is 415 g/mol. The molecule has 1 fully saturated rings. The molecule has 0 aliphatic carbocycles. The molecule has 0 radical (unpaired) electrons. The summed E-state index contributed by atoms with van der Waals surface area (Å²) in [4.78, 5) is 17.9. The number of aliphatic hydroxyl groups is 1. The number of amides is 1. The third-order valence-corrected chi connectivity index (χ3v) is 7.02. The fraction of sp³-hybridized carbons (Fsp3) is 0.200. The van der Waals surface area contributed by atoms with Gasteiger partial charge in [0, 0.05) is 23.4 Å². The van der Waals surface area contributed by atoms with E-state index in [0.717, 1.165) is 21.0 Å². The van der Waals surface area contributed by atoms with Crippen LogP contribution < -0.4 is 4.90 Å². The molecule has 1 saturated heterocycles. The van der Waals surface area contributed by atoms with E-state index in [0.29, 0.717) is 22.3 Å². The summed E-state index contributed by atoms with van der Waals surface area (Å²) in [6.45, 7) is 3.06. The molecule has 0 atom stereocenters. The molecule has 2 aliphatic heterocycles. The fourth-order valence-electron chi connectivity index (χ4n) is 3.25. The van der Waals surface area contributed by atoms with Crippen LogP contribution in [-0.2, 0) is 4.79 Å². The first-order valence-electron chi connectivity index (χ1n) is 8.67. The predicted octanol–water partition coefficient (Wildman–Crippen LogP) is 4.35. The molecule has 27 heavy (non-hydrogen) atoms. The molecule has 2 aliphatic rings. The summed E-state index contributed by atoms with van der Waals surface area (Å²) in [5.74, 6) is -0.0379. The number of benzene rings is 2. The average Bonchev–Trinajstić information content (AvgIpc) is 3.17. The van der Waals surface area contributed by atoms with Gasteiger partial charge in [-0.15, -0.1) is 0 Å². The first kappa shape index (κ1) is 18.6. The Balaban J connectivity index is 1.72. The highest BCUT2D eigenvalue weighted by atomic mass is 32.2. The van der Waals surface area contributed by atoms with E-state index in [-0.39, 0.29) is 12.5 Å². The fourth-order valence-corrected chi connectivity index (χ4v) is 5.69. The molecule has 0 bridgehead atoms. The summed E-state index contributed by atoms with van der Waals surface area (Å²) in [6.07, 6.45) is 3.80. The maximum atomic E-state index is 12.4. The Labute approximate surface area is 171 Å². The molecule has 1 N–H and O–H groups in total. The predicted molar refractivity (Wildman–Crippen MR) is 118 cm³/mol. The van der Waals surface area contributed by atoms with Crippen molar-refractivity contribution in [3.05, 3.63) is 58.5 Å². The molecule has 0 saturated carbocycles. The second-order valence-electron chi connectivity index (χ2n) is 6.06. The van der Waals surface area contributed by atoms with E-state index in [1.165, 1.54) is 17.1 Å². The SMILES string of the molecule is CCN1C(=O)/C(=C\C=C2Sc3ccc4ccccc4c3N2CCO)SC1=S. The Morgan fingerprint density at radius 1 is 1.11 bits per heavy atom. The summed E-state index contributed by atoms with van der Waals surface area (Å²) >= 11 is 8.27. The zero-order valence-corrected chi connectivity index (χ0v) is 17.2. The van der Waals surface area contributed by atoms with Crippen LogP contribution in [0.15, 0.2) is 63.4 Å². The van der Waals surface area contributed by atoms with Gasteiger partial charge in [0.05, 0.1) is 22.2 Å².